The average Bonchev–Trinajstić information content (AvgIpc) is 3.05. The molecule has 40 heavy (non-hydrogen) atoms. The Morgan fingerprint density at radius 3 is 2.35 bits per heavy atom. The summed E-state index contributed by atoms with van der Waals surface area (Å²) in [6.45, 7) is 0.520. The molecule has 1 atom stereocenters. The van der Waals surface area contributed by atoms with E-state index in [1.54, 1.807) is 41.7 Å². The van der Waals surface area contributed by atoms with Crippen LogP contribution in [-0.4, -0.2) is 43.4 Å². The Hall–Kier alpha value is -3.39. The molecule has 1 aliphatic heterocycles. The summed E-state index contributed by atoms with van der Waals surface area (Å²) in [6, 6.07) is 23.7. The fraction of sp³-hybridized carbons (Fsp3) is 0.281. The second-order valence-electron chi connectivity index (χ2n) is 10.8. The number of sulfonamides is 1. The van der Waals surface area contributed by atoms with Crippen molar-refractivity contribution in [3.8, 4) is 11.1 Å². The van der Waals surface area contributed by atoms with Crippen LogP contribution in [0.2, 0.25) is 5.02 Å². The van der Waals surface area contributed by atoms with Crippen molar-refractivity contribution < 1.29 is 18.3 Å². The summed E-state index contributed by atoms with van der Waals surface area (Å²) >= 11 is 6.92. The first-order chi connectivity index (χ1) is 19.3. The Kier molecular flexibility index (Phi) is 7.07. The Bertz CT molecular complexity index is 1700. The predicted octanol–water partition coefficient (Wildman–Crippen LogP) is 7.58. The number of carboxylic acids is 1. The number of fused-ring (bicyclic) bond motifs is 2. The molecule has 0 amide bonds. The van der Waals surface area contributed by atoms with Crippen molar-refractivity contribution in [3.05, 3.63) is 89.4 Å². The number of carbonyl (C=O) groups is 1. The van der Waals surface area contributed by atoms with E-state index in [2.05, 4.69) is 4.90 Å². The number of anilines is 2. The van der Waals surface area contributed by atoms with Crippen molar-refractivity contribution >= 4 is 49.7 Å². The Morgan fingerprint density at radius 2 is 1.62 bits per heavy atom. The van der Waals surface area contributed by atoms with Gasteiger partial charge in [-0.1, -0.05) is 73.3 Å². The predicted molar refractivity (Wildman–Crippen MR) is 160 cm³/mol. The number of hydrogen-bond acceptors (Lipinski definition) is 4. The molecule has 0 bridgehead atoms. The lowest BCUT2D eigenvalue weighted by Gasteiger charge is -2.36. The van der Waals surface area contributed by atoms with Gasteiger partial charge in [0.25, 0.3) is 0 Å². The Labute approximate surface area is 239 Å². The monoisotopic (exact) mass is 574 g/mol. The minimum Gasteiger partial charge on any atom is -0.478 e. The van der Waals surface area contributed by atoms with E-state index in [4.69, 9.17) is 11.6 Å². The van der Waals surface area contributed by atoms with Crippen molar-refractivity contribution in [2.45, 2.75) is 43.0 Å². The van der Waals surface area contributed by atoms with Crippen molar-refractivity contribution in [3.63, 3.8) is 0 Å². The summed E-state index contributed by atoms with van der Waals surface area (Å²) in [5.41, 5.74) is 2.61. The van der Waals surface area contributed by atoms with Crippen LogP contribution in [0, 0.1) is 5.92 Å². The molecule has 1 heterocycles. The summed E-state index contributed by atoms with van der Waals surface area (Å²) in [4.78, 5) is 14.4. The molecule has 206 valence electrons. The number of benzene rings is 4. The largest absolute Gasteiger partial charge is 0.478 e. The topological polar surface area (TPSA) is 77.9 Å². The van der Waals surface area contributed by atoms with Gasteiger partial charge in [0, 0.05) is 30.9 Å². The van der Waals surface area contributed by atoms with Crippen molar-refractivity contribution in [1.29, 1.82) is 0 Å². The van der Waals surface area contributed by atoms with Gasteiger partial charge >= 0.3 is 5.97 Å². The summed E-state index contributed by atoms with van der Waals surface area (Å²) < 4.78 is 30.2. The molecule has 4 aromatic rings. The van der Waals surface area contributed by atoms with E-state index in [1.807, 2.05) is 48.5 Å². The lowest BCUT2D eigenvalue weighted by Crippen LogP contribution is -2.46. The van der Waals surface area contributed by atoms with Gasteiger partial charge < -0.3 is 10.0 Å². The van der Waals surface area contributed by atoms with Crippen LogP contribution in [-0.2, 0) is 10.0 Å². The molecule has 0 radical (unpaired) electrons. The normalized spacial score (nSPS) is 19.8. The van der Waals surface area contributed by atoms with Gasteiger partial charge in [0.05, 0.1) is 16.3 Å². The second-order valence-corrected chi connectivity index (χ2v) is 13.2. The van der Waals surface area contributed by atoms with Crippen LogP contribution in [0.15, 0.2) is 83.8 Å². The third-order valence-corrected chi connectivity index (χ3v) is 10.7. The number of hydrogen-bond donors (Lipinski definition) is 1. The molecular weight excluding hydrogens is 544 g/mol. The van der Waals surface area contributed by atoms with E-state index in [9.17, 15) is 18.3 Å². The number of para-hydroxylation sites is 1. The van der Waals surface area contributed by atoms with Crippen molar-refractivity contribution in [1.82, 2.24) is 4.31 Å². The zero-order valence-corrected chi connectivity index (χ0v) is 23.8. The first-order valence-corrected chi connectivity index (χ1v) is 15.5. The Morgan fingerprint density at radius 1 is 0.925 bits per heavy atom. The van der Waals surface area contributed by atoms with Crippen LogP contribution in [0.1, 0.15) is 42.5 Å². The highest BCUT2D eigenvalue weighted by Crippen LogP contribution is 2.45. The molecule has 8 heteroatoms. The third-order valence-electron chi connectivity index (χ3n) is 8.50. The SMILES string of the molecule is CN1[C@H](C2CCCCC2)CN(c2ccccc2)c2cc(Cl)c(-c3cc(C(=O)O)c4ccccc4c3)cc2S1(=O)=O. The van der Waals surface area contributed by atoms with Crippen molar-refractivity contribution in [2.24, 2.45) is 5.92 Å². The van der Waals surface area contributed by atoms with Crippen LogP contribution in [0.5, 0.6) is 0 Å². The van der Waals surface area contributed by atoms with E-state index in [1.165, 1.54) is 6.42 Å². The highest BCUT2D eigenvalue weighted by Gasteiger charge is 2.41. The zero-order chi connectivity index (χ0) is 28.0. The molecule has 2 aliphatic rings. The maximum absolute atomic E-state index is 14.3. The average molecular weight is 575 g/mol. The van der Waals surface area contributed by atoms with Gasteiger partial charge in [0.2, 0.25) is 10.0 Å². The van der Waals surface area contributed by atoms with Gasteiger partial charge in [-0.05, 0) is 71.5 Å². The van der Waals surface area contributed by atoms with Gasteiger partial charge in [-0.3, -0.25) is 0 Å². The van der Waals surface area contributed by atoms with Crippen LogP contribution < -0.4 is 4.90 Å². The lowest BCUT2D eigenvalue weighted by molar-refractivity contribution is 0.0699. The molecule has 6 rings (SSSR count). The second kappa shape index (κ2) is 10.5. The molecule has 1 aliphatic carbocycles. The van der Waals surface area contributed by atoms with Crippen LogP contribution >= 0.6 is 11.6 Å². The van der Waals surface area contributed by atoms with E-state index in [-0.39, 0.29) is 22.4 Å². The summed E-state index contributed by atoms with van der Waals surface area (Å²) in [5.74, 6) is -0.788. The quantitative estimate of drug-likeness (QED) is 0.272. The van der Waals surface area contributed by atoms with Gasteiger partial charge in [0.15, 0.2) is 0 Å². The highest BCUT2D eigenvalue weighted by molar-refractivity contribution is 7.89. The zero-order valence-electron chi connectivity index (χ0n) is 22.3. The van der Waals surface area contributed by atoms with Crippen LogP contribution in [0.25, 0.3) is 21.9 Å². The minimum absolute atomic E-state index is 0.141. The van der Waals surface area contributed by atoms with Crippen LogP contribution in [0.3, 0.4) is 0 Å². The van der Waals surface area contributed by atoms with Gasteiger partial charge in [0.1, 0.15) is 4.90 Å². The standard InChI is InChI=1S/C32H31ClN2O4S/c1-34-30(21-10-4-2-5-11-21)20-35(24-13-6-3-7-14-24)29-19-28(33)26(18-31(29)40(34,38)39)23-16-22-12-8-9-15-25(22)27(17-23)32(36)37/h3,6-9,12-19,21,30H,2,4-5,10-11,20H2,1H3,(H,36,37)/t30-/m0/s1. The van der Waals surface area contributed by atoms with E-state index in [0.29, 0.717) is 33.8 Å². The summed E-state index contributed by atoms with van der Waals surface area (Å²) in [5, 5.41) is 11.7. The molecule has 1 fully saturated rings. The van der Waals surface area contributed by atoms with Crippen LogP contribution in [0.4, 0.5) is 11.4 Å². The molecule has 0 saturated heterocycles. The van der Waals surface area contributed by atoms with E-state index in [0.717, 1.165) is 36.8 Å². The molecule has 1 N–H and O–H groups in total. The van der Waals surface area contributed by atoms with Gasteiger partial charge in [-0.25, -0.2) is 13.2 Å². The number of halogens is 1. The van der Waals surface area contributed by atoms with Gasteiger partial charge in [-0.15, -0.1) is 0 Å². The van der Waals surface area contributed by atoms with E-state index >= 15 is 0 Å². The molecule has 0 unspecified atom stereocenters. The van der Waals surface area contributed by atoms with Gasteiger partial charge in [-0.2, -0.15) is 4.31 Å². The molecular formula is C32H31ClN2O4S. The number of aromatic carboxylic acids is 1. The number of carboxylic acid groups (broad SMARTS) is 1. The molecule has 0 aromatic heterocycles. The third kappa shape index (κ3) is 4.66. The molecule has 4 aromatic carbocycles. The molecule has 0 spiro atoms. The molecule has 1 saturated carbocycles. The van der Waals surface area contributed by atoms with Crippen molar-refractivity contribution in [2.75, 3.05) is 18.5 Å². The number of likely N-dealkylation sites (N-methyl/N-ethyl adjacent to an activating group) is 1. The number of nitrogens with zero attached hydrogens (tertiary/aromatic N) is 2. The van der Waals surface area contributed by atoms with E-state index < -0.39 is 16.0 Å². The smallest absolute Gasteiger partial charge is 0.336 e. The first kappa shape index (κ1) is 26.8. The maximum atomic E-state index is 14.3. The fourth-order valence-electron chi connectivity index (χ4n) is 6.38. The highest BCUT2D eigenvalue weighted by atomic mass is 35.5. The Balaban J connectivity index is 1.57. The lowest BCUT2D eigenvalue weighted by atomic mass is 9.83. The molecule has 6 nitrogen and oxygen atoms in total. The summed E-state index contributed by atoms with van der Waals surface area (Å²) in [6.07, 6.45) is 5.41. The summed E-state index contributed by atoms with van der Waals surface area (Å²) in [7, 11) is -2.20. The first-order valence-electron chi connectivity index (χ1n) is 13.7. The fourth-order valence-corrected chi connectivity index (χ4v) is 8.25. The minimum atomic E-state index is -3.90. The number of rotatable bonds is 4. The maximum Gasteiger partial charge on any atom is 0.336 e.